The molecule has 0 atom stereocenters. The molecule has 0 bridgehead atoms. The Morgan fingerprint density at radius 1 is 0.333 bits per heavy atom. The summed E-state index contributed by atoms with van der Waals surface area (Å²) in [5.41, 5.74) is 13.6. The summed E-state index contributed by atoms with van der Waals surface area (Å²) in [6, 6.07) is 77.4. The molecule has 0 amide bonds. The molecule has 322 valence electrons. The second kappa shape index (κ2) is 15.5. The van der Waals surface area contributed by atoms with Gasteiger partial charge < -0.3 is 13.6 Å². The molecular formula is C61H37N7O. The van der Waals surface area contributed by atoms with E-state index in [1.807, 2.05) is 97.1 Å². The van der Waals surface area contributed by atoms with Crippen molar-refractivity contribution < 1.29 is 4.42 Å². The number of furan rings is 1. The summed E-state index contributed by atoms with van der Waals surface area (Å²) in [6.07, 6.45) is 0. The van der Waals surface area contributed by atoms with Crippen LogP contribution in [0.5, 0.6) is 0 Å². The van der Waals surface area contributed by atoms with Crippen LogP contribution in [0.1, 0.15) is 0 Å². The predicted molar refractivity (Wildman–Crippen MR) is 279 cm³/mol. The van der Waals surface area contributed by atoms with E-state index in [9.17, 15) is 0 Å². The number of hydrogen-bond donors (Lipinski definition) is 0. The van der Waals surface area contributed by atoms with E-state index in [1.54, 1.807) is 0 Å². The lowest BCUT2D eigenvalue weighted by molar-refractivity contribution is 0.667. The van der Waals surface area contributed by atoms with Crippen LogP contribution in [0, 0.1) is 0 Å². The van der Waals surface area contributed by atoms with E-state index >= 15 is 0 Å². The van der Waals surface area contributed by atoms with Gasteiger partial charge in [-0.25, -0.2) is 24.9 Å². The molecule has 69 heavy (non-hydrogen) atoms. The first-order chi connectivity index (χ1) is 34.2. The molecule has 0 fully saturated rings. The van der Waals surface area contributed by atoms with Crippen molar-refractivity contribution in [2.75, 3.05) is 0 Å². The Kier molecular flexibility index (Phi) is 8.72. The zero-order chi connectivity index (χ0) is 45.4. The van der Waals surface area contributed by atoms with Crippen LogP contribution in [0.3, 0.4) is 0 Å². The summed E-state index contributed by atoms with van der Waals surface area (Å²) < 4.78 is 11.3. The van der Waals surface area contributed by atoms with Crippen molar-refractivity contribution >= 4 is 65.7 Å². The maximum Gasteiger partial charge on any atom is 0.180 e. The Morgan fingerprint density at radius 3 is 1.46 bits per heavy atom. The molecule has 0 saturated carbocycles. The van der Waals surface area contributed by atoms with Crippen LogP contribution in [0.2, 0.25) is 0 Å². The highest BCUT2D eigenvalue weighted by atomic mass is 16.3. The number of para-hydroxylation sites is 4. The molecule has 0 saturated heterocycles. The summed E-state index contributed by atoms with van der Waals surface area (Å²) in [5.74, 6) is 2.22. The lowest BCUT2D eigenvalue weighted by atomic mass is 10.0. The Morgan fingerprint density at radius 2 is 0.826 bits per heavy atom. The first-order valence-electron chi connectivity index (χ1n) is 23.0. The number of fused-ring (bicyclic) bond motifs is 10. The van der Waals surface area contributed by atoms with Crippen LogP contribution < -0.4 is 0 Å². The number of hydrogen-bond acceptors (Lipinski definition) is 6. The van der Waals surface area contributed by atoms with Crippen LogP contribution in [-0.2, 0) is 0 Å². The average Bonchev–Trinajstić information content (AvgIpc) is 4.09. The highest BCUT2D eigenvalue weighted by molar-refractivity contribution is 6.29. The van der Waals surface area contributed by atoms with Gasteiger partial charge in [0.1, 0.15) is 16.8 Å². The number of aromatic nitrogens is 7. The van der Waals surface area contributed by atoms with Gasteiger partial charge in [0, 0.05) is 60.4 Å². The molecule has 0 aliphatic rings. The summed E-state index contributed by atoms with van der Waals surface area (Å²) >= 11 is 0. The van der Waals surface area contributed by atoms with Crippen molar-refractivity contribution in [2.24, 2.45) is 0 Å². The van der Waals surface area contributed by atoms with E-state index < -0.39 is 0 Å². The molecule has 0 N–H and O–H groups in total. The summed E-state index contributed by atoms with van der Waals surface area (Å²) in [4.78, 5) is 26.4. The van der Waals surface area contributed by atoms with Crippen molar-refractivity contribution in [3.8, 4) is 68.2 Å². The first kappa shape index (κ1) is 38.7. The van der Waals surface area contributed by atoms with Gasteiger partial charge >= 0.3 is 0 Å². The lowest BCUT2D eigenvalue weighted by Crippen LogP contribution is -2.04. The van der Waals surface area contributed by atoms with Crippen LogP contribution >= 0.6 is 0 Å². The van der Waals surface area contributed by atoms with E-state index in [-0.39, 0.29) is 0 Å². The topological polar surface area (TPSA) is 87.5 Å². The van der Waals surface area contributed by atoms with E-state index in [2.05, 4.69) is 137 Å². The fraction of sp³-hybridized carbons (Fsp3) is 0. The van der Waals surface area contributed by atoms with Gasteiger partial charge in [-0.1, -0.05) is 158 Å². The second-order valence-corrected chi connectivity index (χ2v) is 17.2. The van der Waals surface area contributed by atoms with Gasteiger partial charge in [-0.05, 0) is 66.7 Å². The Bertz CT molecular complexity index is 4240. The second-order valence-electron chi connectivity index (χ2n) is 17.2. The molecule has 0 aliphatic heterocycles. The standard InChI is InChI=1S/C61H37N7O/c1-5-19-38(20-6-1)55-57-56(45-29-15-18-32-52(45)69-57)63-60(62-55)41-33-34-49(46(37-41)61-65-58(39-21-7-2-8-22-39)64-59(66-61)40-23-9-3-10-24-40)68-48-31-17-14-28-44(48)54-51(68)36-35-50-53(54)43-27-13-16-30-47(43)67(50)42-25-11-4-12-26-42/h1-37H. The Balaban J connectivity index is 1.09. The van der Waals surface area contributed by atoms with Gasteiger partial charge in [0.2, 0.25) is 0 Å². The first-order valence-corrected chi connectivity index (χ1v) is 23.0. The van der Waals surface area contributed by atoms with Gasteiger partial charge in [0.15, 0.2) is 28.9 Å². The van der Waals surface area contributed by atoms with Crippen LogP contribution in [-0.4, -0.2) is 34.1 Å². The summed E-state index contributed by atoms with van der Waals surface area (Å²) in [6.45, 7) is 0. The van der Waals surface area contributed by atoms with Crippen molar-refractivity contribution in [3.05, 3.63) is 224 Å². The normalized spacial score (nSPS) is 11.8. The van der Waals surface area contributed by atoms with Crippen molar-refractivity contribution in [2.45, 2.75) is 0 Å². The fourth-order valence-corrected chi connectivity index (χ4v) is 10.1. The highest BCUT2D eigenvalue weighted by Gasteiger charge is 2.25. The summed E-state index contributed by atoms with van der Waals surface area (Å²) in [7, 11) is 0. The molecule has 0 aliphatic carbocycles. The molecule has 0 spiro atoms. The molecule has 5 heterocycles. The predicted octanol–water partition coefficient (Wildman–Crippen LogP) is 15.1. The van der Waals surface area contributed by atoms with E-state index in [1.165, 1.54) is 16.2 Å². The minimum absolute atomic E-state index is 0.519. The monoisotopic (exact) mass is 883 g/mol. The number of benzene rings is 9. The smallest absolute Gasteiger partial charge is 0.180 e. The number of nitrogens with zero attached hydrogens (tertiary/aromatic N) is 7. The SMILES string of the molecule is c1ccc(-c2nc(-c3ccccc3)nc(-c3cc(-c4nc(-c5ccccc5)c5oc6ccccc6c5n4)ccc3-n3c4ccccc4c4c5c6ccccc6n(-c6ccccc6)c5ccc43)n2)cc1. The molecule has 5 aromatic heterocycles. The fourth-order valence-electron chi connectivity index (χ4n) is 10.1. The van der Waals surface area contributed by atoms with Gasteiger partial charge in [-0.2, -0.15) is 0 Å². The minimum atomic E-state index is 0.519. The zero-order valence-electron chi connectivity index (χ0n) is 36.9. The molecule has 0 unspecified atom stereocenters. The number of rotatable bonds is 7. The Hall–Kier alpha value is -9.53. The minimum Gasteiger partial charge on any atom is -0.452 e. The maximum atomic E-state index is 6.51. The zero-order valence-corrected chi connectivity index (χ0v) is 36.9. The van der Waals surface area contributed by atoms with E-state index in [0.717, 1.165) is 88.8 Å². The van der Waals surface area contributed by atoms with Gasteiger partial charge in [0.25, 0.3) is 0 Å². The third-order valence-electron chi connectivity index (χ3n) is 13.2. The molecule has 8 heteroatoms. The molecule has 9 aromatic carbocycles. The van der Waals surface area contributed by atoms with Crippen LogP contribution in [0.4, 0.5) is 0 Å². The van der Waals surface area contributed by atoms with E-state index in [4.69, 9.17) is 29.3 Å². The van der Waals surface area contributed by atoms with Gasteiger partial charge in [-0.15, -0.1) is 0 Å². The maximum absolute atomic E-state index is 6.51. The van der Waals surface area contributed by atoms with Gasteiger partial charge in [0.05, 0.1) is 27.8 Å². The molecule has 8 nitrogen and oxygen atoms in total. The molecular weight excluding hydrogens is 847 g/mol. The van der Waals surface area contributed by atoms with E-state index in [0.29, 0.717) is 28.9 Å². The van der Waals surface area contributed by atoms with Gasteiger partial charge in [-0.3, -0.25) is 0 Å². The summed E-state index contributed by atoms with van der Waals surface area (Å²) in [5, 5.41) is 5.62. The third-order valence-corrected chi connectivity index (χ3v) is 13.2. The quantitative estimate of drug-likeness (QED) is 0.158. The van der Waals surface area contributed by atoms with Crippen molar-refractivity contribution in [1.29, 1.82) is 0 Å². The van der Waals surface area contributed by atoms with Crippen LogP contribution in [0.15, 0.2) is 229 Å². The molecule has 14 rings (SSSR count). The van der Waals surface area contributed by atoms with Crippen molar-refractivity contribution in [1.82, 2.24) is 34.1 Å². The highest BCUT2D eigenvalue weighted by Crippen LogP contribution is 2.44. The largest absolute Gasteiger partial charge is 0.452 e. The van der Waals surface area contributed by atoms with Crippen LogP contribution in [0.25, 0.3) is 134 Å². The third kappa shape index (κ3) is 6.20. The molecule has 0 radical (unpaired) electrons. The average molecular weight is 884 g/mol. The lowest BCUT2D eigenvalue weighted by Gasteiger charge is -2.16. The molecule has 14 aromatic rings. The Labute approximate surface area is 395 Å². The van der Waals surface area contributed by atoms with Crippen molar-refractivity contribution in [3.63, 3.8) is 0 Å².